The van der Waals surface area contributed by atoms with Gasteiger partial charge < -0.3 is 15.2 Å². The first-order chi connectivity index (χ1) is 8.34. The molecular weight excluding hydrogens is 214 g/mol. The number of para-hydroxylation sites is 1. The van der Waals surface area contributed by atoms with Crippen molar-refractivity contribution in [1.82, 2.24) is 0 Å². The van der Waals surface area contributed by atoms with Gasteiger partial charge in [0.05, 0.1) is 0 Å². The second kappa shape index (κ2) is 4.67. The molecule has 1 saturated heterocycles. The summed E-state index contributed by atoms with van der Waals surface area (Å²) in [6, 6.07) is 8.25. The molecule has 0 aliphatic carbocycles. The molecule has 0 saturated carbocycles. The van der Waals surface area contributed by atoms with Gasteiger partial charge in [0.25, 0.3) is 0 Å². The highest BCUT2D eigenvalue weighted by atomic mass is 16.5. The zero-order valence-electron chi connectivity index (χ0n) is 9.97. The minimum absolute atomic E-state index is 0.118. The lowest BCUT2D eigenvalue weighted by molar-refractivity contribution is 0.00730. The van der Waals surface area contributed by atoms with Crippen LogP contribution in [0.1, 0.15) is 30.9 Å². The SMILES string of the molecule is N[C@H]1CC(C2CCOCC2)Oc2ccccc21. The molecular formula is C14H19NO2. The molecule has 2 N–H and O–H groups in total. The zero-order valence-corrected chi connectivity index (χ0v) is 9.97. The molecule has 1 fully saturated rings. The lowest BCUT2D eigenvalue weighted by Gasteiger charge is -2.36. The normalized spacial score (nSPS) is 29.5. The molecule has 0 bridgehead atoms. The average Bonchev–Trinajstić information content (AvgIpc) is 2.40. The summed E-state index contributed by atoms with van der Waals surface area (Å²) in [5.41, 5.74) is 7.38. The van der Waals surface area contributed by atoms with E-state index in [0.717, 1.165) is 43.8 Å². The molecule has 3 nitrogen and oxygen atoms in total. The van der Waals surface area contributed by atoms with E-state index in [-0.39, 0.29) is 12.1 Å². The van der Waals surface area contributed by atoms with E-state index < -0.39 is 0 Å². The van der Waals surface area contributed by atoms with Crippen molar-refractivity contribution in [3.05, 3.63) is 29.8 Å². The standard InChI is InChI=1S/C14H19NO2/c15-12-9-14(10-5-7-16-8-6-10)17-13-4-2-1-3-11(12)13/h1-4,10,12,14H,5-9,15H2/t12-,14?/m0/s1. The van der Waals surface area contributed by atoms with E-state index in [1.807, 2.05) is 18.2 Å². The third kappa shape index (κ3) is 2.17. The van der Waals surface area contributed by atoms with Crippen molar-refractivity contribution in [2.24, 2.45) is 11.7 Å². The first-order valence-electron chi connectivity index (χ1n) is 6.43. The minimum atomic E-state index is 0.118. The summed E-state index contributed by atoms with van der Waals surface area (Å²) in [7, 11) is 0. The van der Waals surface area contributed by atoms with Crippen LogP contribution in [0.15, 0.2) is 24.3 Å². The quantitative estimate of drug-likeness (QED) is 0.809. The van der Waals surface area contributed by atoms with Crippen molar-refractivity contribution in [1.29, 1.82) is 0 Å². The molecule has 2 atom stereocenters. The molecule has 3 rings (SSSR count). The Bertz CT molecular complexity index is 388. The minimum Gasteiger partial charge on any atom is -0.490 e. The summed E-state index contributed by atoms with van der Waals surface area (Å²) in [6.07, 6.45) is 3.39. The molecule has 1 unspecified atom stereocenters. The fourth-order valence-electron chi connectivity index (χ4n) is 2.86. The first-order valence-corrected chi connectivity index (χ1v) is 6.43. The second-order valence-electron chi connectivity index (χ2n) is 4.99. The van der Waals surface area contributed by atoms with E-state index >= 15 is 0 Å². The zero-order chi connectivity index (χ0) is 11.7. The van der Waals surface area contributed by atoms with Crippen LogP contribution in [-0.2, 0) is 4.74 Å². The van der Waals surface area contributed by atoms with Gasteiger partial charge in [0, 0.05) is 37.2 Å². The van der Waals surface area contributed by atoms with Crippen LogP contribution in [-0.4, -0.2) is 19.3 Å². The molecule has 2 aliphatic rings. The van der Waals surface area contributed by atoms with Crippen LogP contribution >= 0.6 is 0 Å². The lowest BCUT2D eigenvalue weighted by Crippen LogP contribution is -2.37. The summed E-state index contributed by atoms with van der Waals surface area (Å²) < 4.78 is 11.5. The topological polar surface area (TPSA) is 44.5 Å². The molecule has 0 amide bonds. The van der Waals surface area contributed by atoms with Gasteiger partial charge in [-0.05, 0) is 18.9 Å². The molecule has 2 aliphatic heterocycles. The molecule has 0 radical (unpaired) electrons. The van der Waals surface area contributed by atoms with Gasteiger partial charge in [-0.15, -0.1) is 0 Å². The fraction of sp³-hybridized carbons (Fsp3) is 0.571. The van der Waals surface area contributed by atoms with Gasteiger partial charge in [0.2, 0.25) is 0 Å². The number of ether oxygens (including phenoxy) is 2. The van der Waals surface area contributed by atoms with Gasteiger partial charge in [-0.3, -0.25) is 0 Å². The Hall–Kier alpha value is -1.06. The summed E-state index contributed by atoms with van der Waals surface area (Å²) in [4.78, 5) is 0. The van der Waals surface area contributed by atoms with Crippen LogP contribution in [0, 0.1) is 5.92 Å². The molecule has 1 aromatic rings. The lowest BCUT2D eigenvalue weighted by atomic mass is 9.86. The van der Waals surface area contributed by atoms with Crippen LogP contribution in [0.4, 0.5) is 0 Å². The van der Waals surface area contributed by atoms with Crippen LogP contribution in [0.3, 0.4) is 0 Å². The number of fused-ring (bicyclic) bond motifs is 1. The summed E-state index contributed by atoms with van der Waals surface area (Å²) in [5.74, 6) is 1.57. The number of rotatable bonds is 1. The van der Waals surface area contributed by atoms with Crippen LogP contribution in [0.5, 0.6) is 5.75 Å². The molecule has 0 spiro atoms. The molecule has 17 heavy (non-hydrogen) atoms. The maximum atomic E-state index is 6.23. The smallest absolute Gasteiger partial charge is 0.124 e. The van der Waals surface area contributed by atoms with Gasteiger partial charge in [-0.2, -0.15) is 0 Å². The fourth-order valence-corrected chi connectivity index (χ4v) is 2.86. The van der Waals surface area contributed by atoms with Crippen molar-refractivity contribution in [2.45, 2.75) is 31.4 Å². The van der Waals surface area contributed by atoms with Crippen molar-refractivity contribution in [3.63, 3.8) is 0 Å². The Balaban J connectivity index is 1.78. The van der Waals surface area contributed by atoms with Crippen LogP contribution in [0.25, 0.3) is 0 Å². The summed E-state index contributed by atoms with van der Waals surface area (Å²) >= 11 is 0. The predicted octanol–water partition coefficient (Wildman–Crippen LogP) is 2.26. The van der Waals surface area contributed by atoms with Gasteiger partial charge >= 0.3 is 0 Å². The highest BCUT2D eigenvalue weighted by molar-refractivity contribution is 5.37. The highest BCUT2D eigenvalue weighted by Gasteiger charge is 2.32. The highest BCUT2D eigenvalue weighted by Crippen LogP contribution is 2.37. The van der Waals surface area contributed by atoms with Crippen LogP contribution in [0.2, 0.25) is 0 Å². The van der Waals surface area contributed by atoms with Crippen molar-refractivity contribution in [3.8, 4) is 5.75 Å². The molecule has 92 valence electrons. The van der Waals surface area contributed by atoms with Crippen molar-refractivity contribution in [2.75, 3.05) is 13.2 Å². The third-order valence-electron chi connectivity index (χ3n) is 3.87. The van der Waals surface area contributed by atoms with Crippen molar-refractivity contribution < 1.29 is 9.47 Å². The van der Waals surface area contributed by atoms with Gasteiger partial charge in [-0.1, -0.05) is 18.2 Å². The van der Waals surface area contributed by atoms with E-state index in [1.165, 1.54) is 0 Å². The maximum absolute atomic E-state index is 6.23. The van der Waals surface area contributed by atoms with Crippen LogP contribution < -0.4 is 10.5 Å². The van der Waals surface area contributed by atoms with E-state index in [4.69, 9.17) is 15.2 Å². The van der Waals surface area contributed by atoms with E-state index in [1.54, 1.807) is 0 Å². The molecule has 0 aromatic heterocycles. The summed E-state index contributed by atoms with van der Waals surface area (Å²) in [5, 5.41) is 0. The molecule has 1 aromatic carbocycles. The Kier molecular flexibility index (Phi) is 3.04. The molecule has 2 heterocycles. The molecule has 3 heteroatoms. The first kappa shape index (κ1) is 11.1. The summed E-state index contributed by atoms with van der Waals surface area (Å²) in [6.45, 7) is 1.73. The largest absolute Gasteiger partial charge is 0.490 e. The van der Waals surface area contributed by atoms with Gasteiger partial charge in [0.1, 0.15) is 11.9 Å². The Morgan fingerprint density at radius 2 is 1.88 bits per heavy atom. The monoisotopic (exact) mass is 233 g/mol. The van der Waals surface area contributed by atoms with Gasteiger partial charge in [0.15, 0.2) is 0 Å². The number of hydrogen-bond acceptors (Lipinski definition) is 3. The second-order valence-corrected chi connectivity index (χ2v) is 4.99. The number of nitrogens with two attached hydrogens (primary N) is 1. The predicted molar refractivity (Wildman–Crippen MR) is 65.9 cm³/mol. The number of benzene rings is 1. The van der Waals surface area contributed by atoms with E-state index in [2.05, 4.69) is 6.07 Å². The van der Waals surface area contributed by atoms with Gasteiger partial charge in [-0.25, -0.2) is 0 Å². The maximum Gasteiger partial charge on any atom is 0.124 e. The third-order valence-corrected chi connectivity index (χ3v) is 3.87. The van der Waals surface area contributed by atoms with E-state index in [0.29, 0.717) is 5.92 Å². The Morgan fingerprint density at radius 3 is 2.71 bits per heavy atom. The Labute approximate surface area is 102 Å². The number of hydrogen-bond donors (Lipinski definition) is 1. The average molecular weight is 233 g/mol. The Morgan fingerprint density at radius 1 is 1.12 bits per heavy atom. The van der Waals surface area contributed by atoms with E-state index in [9.17, 15) is 0 Å². The van der Waals surface area contributed by atoms with Crippen molar-refractivity contribution >= 4 is 0 Å².